The van der Waals surface area contributed by atoms with Crippen LogP contribution in [0.25, 0.3) is 0 Å². The molecule has 14 heteroatoms. The number of methoxy groups -OCH3 is 1. The number of nitrogens with zero attached hydrogens (tertiary/aromatic N) is 3. The van der Waals surface area contributed by atoms with Gasteiger partial charge in [-0.1, -0.05) is 17.7 Å². The topological polar surface area (TPSA) is 116 Å². The van der Waals surface area contributed by atoms with Gasteiger partial charge in [-0.2, -0.15) is 22.6 Å². The molecule has 1 aromatic heterocycles. The number of ether oxygens (including phenoxy) is 1. The van der Waals surface area contributed by atoms with Crippen molar-refractivity contribution in [2.75, 3.05) is 14.2 Å². The lowest BCUT2D eigenvalue weighted by atomic mass is 9.93. The van der Waals surface area contributed by atoms with Gasteiger partial charge in [0.2, 0.25) is 19.9 Å². The Morgan fingerprint density at radius 2 is 1.73 bits per heavy atom. The van der Waals surface area contributed by atoms with E-state index in [0.29, 0.717) is 42.7 Å². The van der Waals surface area contributed by atoms with Crippen LogP contribution >= 0.6 is 0 Å². The van der Waals surface area contributed by atoms with E-state index in [2.05, 4.69) is 9.84 Å². The van der Waals surface area contributed by atoms with Gasteiger partial charge in [0.15, 0.2) is 0 Å². The van der Waals surface area contributed by atoms with Gasteiger partial charge >= 0.3 is 12.1 Å². The van der Waals surface area contributed by atoms with E-state index in [9.17, 15) is 34.8 Å². The van der Waals surface area contributed by atoms with E-state index in [1.54, 1.807) is 11.6 Å². The van der Waals surface area contributed by atoms with Crippen LogP contribution in [0.5, 0.6) is 0 Å². The zero-order valence-corrected chi connectivity index (χ0v) is 23.6. The zero-order valence-electron chi connectivity index (χ0n) is 22.0. The molecule has 40 heavy (non-hydrogen) atoms. The molecule has 216 valence electrons. The lowest BCUT2D eigenvalue weighted by Crippen LogP contribution is -2.33. The maximum atomic E-state index is 13.8. The van der Waals surface area contributed by atoms with Crippen molar-refractivity contribution >= 4 is 25.8 Å². The number of rotatable bonds is 8. The lowest BCUT2D eigenvalue weighted by molar-refractivity contribution is -0.141. The number of sulfonamides is 1. The van der Waals surface area contributed by atoms with Crippen LogP contribution < -0.4 is 0 Å². The molecule has 4 rings (SSSR count). The summed E-state index contributed by atoms with van der Waals surface area (Å²) in [5, 5.41) is 4.28. The summed E-state index contributed by atoms with van der Waals surface area (Å²) in [5.41, 5.74) is 0.636. The Morgan fingerprint density at radius 1 is 1.07 bits per heavy atom. The molecule has 0 bridgehead atoms. The standard InChI is InChI=1S/C26H28F3N3O6S2/c1-17-7-9-19(10-8-17)39(34,35)20-13-18(26(27,28)29)14-21(15-20)40(36,37)31(2)23-5-4-6-24-22(23)16-30-32(24)12-11-25(33)38-3/h7-10,13-16,23H,4-6,11-12H2,1-3H3. The molecule has 1 unspecified atom stereocenters. The number of carbonyl (C=O) groups excluding carboxylic acids is 1. The number of hydrogen-bond donors (Lipinski definition) is 0. The highest BCUT2D eigenvalue weighted by Crippen LogP contribution is 2.39. The maximum Gasteiger partial charge on any atom is 0.416 e. The minimum absolute atomic E-state index is 0.0614. The number of aryl methyl sites for hydroxylation is 2. The molecule has 0 aliphatic heterocycles. The van der Waals surface area contributed by atoms with Crippen molar-refractivity contribution in [3.63, 3.8) is 0 Å². The SMILES string of the molecule is COC(=O)CCn1ncc2c1CCCC2N(C)S(=O)(=O)c1cc(C(F)(F)F)cc(S(=O)(=O)c2ccc(C)cc2)c1. The molecule has 2 aromatic carbocycles. The summed E-state index contributed by atoms with van der Waals surface area (Å²) in [4.78, 5) is 9.73. The first-order chi connectivity index (χ1) is 18.7. The molecule has 0 saturated carbocycles. The largest absolute Gasteiger partial charge is 0.469 e. The van der Waals surface area contributed by atoms with Gasteiger partial charge in [0.1, 0.15) is 0 Å². The predicted molar refractivity (Wildman–Crippen MR) is 138 cm³/mol. The number of sulfone groups is 1. The first kappa shape index (κ1) is 29.7. The summed E-state index contributed by atoms with van der Waals surface area (Å²) in [5.74, 6) is -0.433. The number of fused-ring (bicyclic) bond motifs is 1. The minimum atomic E-state index is -5.00. The van der Waals surface area contributed by atoms with Gasteiger partial charge in [-0.05, 0) is 56.5 Å². The summed E-state index contributed by atoms with van der Waals surface area (Å²) in [6.45, 7) is 1.94. The van der Waals surface area contributed by atoms with Gasteiger partial charge in [-0.3, -0.25) is 9.48 Å². The normalized spacial score (nSPS) is 16.1. The number of hydrogen-bond acceptors (Lipinski definition) is 7. The van der Waals surface area contributed by atoms with Gasteiger partial charge in [-0.15, -0.1) is 0 Å². The smallest absolute Gasteiger partial charge is 0.416 e. The van der Waals surface area contributed by atoms with Crippen LogP contribution in [0.4, 0.5) is 13.2 Å². The van der Waals surface area contributed by atoms with Crippen LogP contribution in [0.1, 0.15) is 47.7 Å². The summed E-state index contributed by atoms with van der Waals surface area (Å²) < 4.78 is 103. The van der Waals surface area contributed by atoms with Crippen molar-refractivity contribution in [1.82, 2.24) is 14.1 Å². The van der Waals surface area contributed by atoms with E-state index in [1.807, 2.05) is 0 Å². The Morgan fingerprint density at radius 3 is 2.35 bits per heavy atom. The number of aromatic nitrogens is 2. The first-order valence-corrected chi connectivity index (χ1v) is 15.2. The van der Waals surface area contributed by atoms with E-state index < -0.39 is 53.4 Å². The van der Waals surface area contributed by atoms with Crippen molar-refractivity contribution in [2.45, 2.75) is 66.1 Å². The Kier molecular flexibility index (Phi) is 8.16. The highest BCUT2D eigenvalue weighted by molar-refractivity contribution is 7.91. The Hall–Kier alpha value is -3.23. The van der Waals surface area contributed by atoms with Crippen molar-refractivity contribution < 1.29 is 39.5 Å². The molecule has 1 heterocycles. The molecule has 1 atom stereocenters. The number of alkyl halides is 3. The lowest BCUT2D eigenvalue weighted by Gasteiger charge is -2.31. The number of esters is 1. The van der Waals surface area contributed by atoms with Crippen LogP contribution in [0, 0.1) is 6.92 Å². The average molecular weight is 600 g/mol. The van der Waals surface area contributed by atoms with Gasteiger partial charge < -0.3 is 4.74 Å². The Labute approximate surface area is 230 Å². The molecule has 0 spiro atoms. The Balaban J connectivity index is 1.75. The molecular weight excluding hydrogens is 571 g/mol. The van der Waals surface area contributed by atoms with E-state index in [0.717, 1.165) is 15.9 Å². The number of carbonyl (C=O) groups is 1. The van der Waals surface area contributed by atoms with Crippen LogP contribution in [0.2, 0.25) is 0 Å². The monoisotopic (exact) mass is 599 g/mol. The molecule has 9 nitrogen and oxygen atoms in total. The van der Waals surface area contributed by atoms with Crippen LogP contribution in [-0.4, -0.2) is 51.0 Å². The molecule has 1 aliphatic carbocycles. The van der Waals surface area contributed by atoms with E-state index >= 15 is 0 Å². The van der Waals surface area contributed by atoms with Gasteiger partial charge in [-0.25, -0.2) is 16.8 Å². The second-order valence-electron chi connectivity index (χ2n) is 9.53. The third kappa shape index (κ3) is 5.79. The molecule has 3 aromatic rings. The predicted octanol–water partition coefficient (Wildman–Crippen LogP) is 4.30. The second-order valence-corrected chi connectivity index (χ2v) is 13.5. The third-order valence-corrected chi connectivity index (χ3v) is 10.5. The number of halogens is 3. The molecule has 0 amide bonds. The van der Waals surface area contributed by atoms with E-state index in [-0.39, 0.29) is 17.9 Å². The fourth-order valence-corrected chi connectivity index (χ4v) is 7.54. The average Bonchev–Trinajstić information content (AvgIpc) is 3.34. The maximum absolute atomic E-state index is 13.8. The van der Waals surface area contributed by atoms with Crippen LogP contribution in [0.3, 0.4) is 0 Å². The summed E-state index contributed by atoms with van der Waals surface area (Å²) in [6, 6.07) is 6.41. The first-order valence-electron chi connectivity index (χ1n) is 12.3. The van der Waals surface area contributed by atoms with Crippen molar-refractivity contribution in [3.8, 4) is 0 Å². The van der Waals surface area contributed by atoms with Crippen molar-refractivity contribution in [1.29, 1.82) is 0 Å². The zero-order chi connectivity index (χ0) is 29.5. The fourth-order valence-electron chi connectivity index (χ4n) is 4.69. The summed E-state index contributed by atoms with van der Waals surface area (Å²) in [7, 11) is -6.55. The molecule has 0 N–H and O–H groups in total. The van der Waals surface area contributed by atoms with Crippen LogP contribution in [0.15, 0.2) is 63.3 Å². The summed E-state index contributed by atoms with van der Waals surface area (Å²) >= 11 is 0. The fraction of sp³-hybridized carbons (Fsp3) is 0.385. The summed E-state index contributed by atoms with van der Waals surface area (Å²) in [6.07, 6.45) is -1.94. The van der Waals surface area contributed by atoms with Gasteiger partial charge in [0.25, 0.3) is 0 Å². The van der Waals surface area contributed by atoms with Gasteiger partial charge in [0, 0.05) is 18.3 Å². The van der Waals surface area contributed by atoms with Crippen molar-refractivity contribution in [2.24, 2.45) is 0 Å². The van der Waals surface area contributed by atoms with E-state index in [4.69, 9.17) is 0 Å². The molecule has 0 radical (unpaired) electrons. The molecule has 1 aliphatic rings. The van der Waals surface area contributed by atoms with Crippen LogP contribution in [-0.2, 0) is 48.5 Å². The minimum Gasteiger partial charge on any atom is -0.469 e. The van der Waals surface area contributed by atoms with E-state index in [1.165, 1.54) is 44.6 Å². The quantitative estimate of drug-likeness (QED) is 0.355. The number of benzene rings is 2. The third-order valence-electron chi connectivity index (χ3n) is 6.95. The molecule has 0 saturated heterocycles. The van der Waals surface area contributed by atoms with Gasteiger partial charge in [0.05, 0.1) is 52.6 Å². The second kappa shape index (κ2) is 11.0. The highest BCUT2D eigenvalue weighted by Gasteiger charge is 2.38. The molecular formula is C26H28F3N3O6S2. The molecule has 0 fully saturated rings. The Bertz CT molecular complexity index is 1630. The highest BCUT2D eigenvalue weighted by atomic mass is 32.2. The van der Waals surface area contributed by atoms with Crippen molar-refractivity contribution in [3.05, 3.63) is 71.0 Å².